The molecule has 2 rings (SSSR count). The van der Waals surface area contributed by atoms with Crippen LogP contribution in [0.1, 0.15) is 33.1 Å². The molecule has 0 saturated carbocycles. The molecule has 1 N–H and O–H groups in total. The van der Waals surface area contributed by atoms with E-state index in [-0.39, 0.29) is 30.8 Å². The Labute approximate surface area is 119 Å². The molecule has 6 nitrogen and oxygen atoms in total. The fourth-order valence-electron chi connectivity index (χ4n) is 3.28. The summed E-state index contributed by atoms with van der Waals surface area (Å²) < 4.78 is 5.25. The van der Waals surface area contributed by atoms with Crippen LogP contribution >= 0.6 is 0 Å². The van der Waals surface area contributed by atoms with E-state index in [0.717, 1.165) is 19.3 Å². The molecule has 2 unspecified atom stereocenters. The largest absolute Gasteiger partial charge is 0.481 e. The lowest BCUT2D eigenvalue weighted by Gasteiger charge is -2.42. The summed E-state index contributed by atoms with van der Waals surface area (Å²) in [5.74, 6) is -1.52. The van der Waals surface area contributed by atoms with Crippen molar-refractivity contribution in [2.75, 3.05) is 20.3 Å². The minimum atomic E-state index is -0.896. The Morgan fingerprint density at radius 3 is 2.35 bits per heavy atom. The number of carboxylic acid groups (broad SMARTS) is 1. The summed E-state index contributed by atoms with van der Waals surface area (Å²) in [4.78, 5) is 27.3. The van der Waals surface area contributed by atoms with Crippen molar-refractivity contribution in [2.45, 2.75) is 51.2 Å². The average molecular weight is 284 g/mol. The van der Waals surface area contributed by atoms with Crippen molar-refractivity contribution in [3.8, 4) is 0 Å². The number of rotatable bonds is 2. The van der Waals surface area contributed by atoms with E-state index in [1.807, 2.05) is 4.90 Å². The van der Waals surface area contributed by atoms with Gasteiger partial charge in [0.25, 0.3) is 0 Å². The number of hydrogen-bond donors (Lipinski definition) is 1. The Morgan fingerprint density at radius 2 is 1.80 bits per heavy atom. The third-order valence-corrected chi connectivity index (χ3v) is 4.58. The fraction of sp³-hybridized carbons (Fsp3) is 0.857. The quantitative estimate of drug-likeness (QED) is 0.832. The molecule has 6 heteroatoms. The summed E-state index contributed by atoms with van der Waals surface area (Å²) in [6, 6.07) is -0.0358. The number of piperidine rings is 1. The normalized spacial score (nSPS) is 34.0. The second-order valence-corrected chi connectivity index (χ2v) is 5.98. The summed E-state index contributed by atoms with van der Waals surface area (Å²) in [6.45, 7) is 4.60. The number of amides is 2. The smallest absolute Gasteiger partial charge is 0.320 e. The minimum Gasteiger partial charge on any atom is -0.481 e. The zero-order valence-corrected chi connectivity index (χ0v) is 12.4. The number of urea groups is 1. The number of nitrogens with zero attached hydrogens (tertiary/aromatic N) is 2. The number of aliphatic carboxylic acids is 1. The van der Waals surface area contributed by atoms with E-state index in [0.29, 0.717) is 6.61 Å². The maximum Gasteiger partial charge on any atom is 0.320 e. The number of carboxylic acids is 1. The Balaban J connectivity index is 2.09. The first-order valence-electron chi connectivity index (χ1n) is 7.29. The molecule has 2 fully saturated rings. The lowest BCUT2D eigenvalue weighted by Crippen LogP contribution is -2.56. The van der Waals surface area contributed by atoms with E-state index in [2.05, 4.69) is 13.8 Å². The highest BCUT2D eigenvalue weighted by Gasteiger charge is 2.41. The van der Waals surface area contributed by atoms with E-state index in [1.54, 1.807) is 11.9 Å². The van der Waals surface area contributed by atoms with Crippen molar-refractivity contribution in [3.63, 3.8) is 0 Å². The van der Waals surface area contributed by atoms with Crippen LogP contribution in [0.4, 0.5) is 4.79 Å². The molecule has 0 spiro atoms. The van der Waals surface area contributed by atoms with E-state index in [4.69, 9.17) is 4.74 Å². The summed E-state index contributed by atoms with van der Waals surface area (Å²) in [7, 11) is 1.69. The Bertz CT molecular complexity index is 377. The molecule has 20 heavy (non-hydrogen) atoms. The third-order valence-electron chi connectivity index (χ3n) is 4.58. The Kier molecular flexibility index (Phi) is 4.52. The van der Waals surface area contributed by atoms with Crippen molar-refractivity contribution >= 4 is 12.0 Å². The van der Waals surface area contributed by atoms with Crippen molar-refractivity contribution in [1.29, 1.82) is 0 Å². The molecule has 2 amide bonds. The minimum absolute atomic E-state index is 0.0774. The number of likely N-dealkylation sites (tertiary alicyclic amines) is 1. The predicted molar refractivity (Wildman–Crippen MR) is 73.5 cm³/mol. The van der Waals surface area contributed by atoms with Gasteiger partial charge in [-0.1, -0.05) is 0 Å². The van der Waals surface area contributed by atoms with Crippen LogP contribution in [-0.4, -0.2) is 65.3 Å². The predicted octanol–water partition coefficient (Wildman–Crippen LogP) is 1.40. The number of carbonyl (C=O) groups is 2. The maximum absolute atomic E-state index is 12.7. The van der Waals surface area contributed by atoms with Gasteiger partial charge in [-0.3, -0.25) is 4.79 Å². The van der Waals surface area contributed by atoms with Gasteiger partial charge in [-0.25, -0.2) is 4.79 Å². The molecule has 114 valence electrons. The Morgan fingerprint density at radius 1 is 1.20 bits per heavy atom. The fourth-order valence-corrected chi connectivity index (χ4v) is 3.28. The van der Waals surface area contributed by atoms with Crippen LogP contribution in [-0.2, 0) is 9.53 Å². The van der Waals surface area contributed by atoms with Crippen LogP contribution in [0.25, 0.3) is 0 Å². The van der Waals surface area contributed by atoms with Gasteiger partial charge >= 0.3 is 12.0 Å². The zero-order valence-electron chi connectivity index (χ0n) is 12.4. The molecule has 2 saturated heterocycles. The number of carbonyl (C=O) groups excluding carboxylic acids is 1. The van der Waals surface area contributed by atoms with Crippen molar-refractivity contribution in [2.24, 2.45) is 5.92 Å². The summed E-state index contributed by atoms with van der Waals surface area (Å²) in [6.07, 6.45) is 3.15. The van der Waals surface area contributed by atoms with Crippen LogP contribution in [0.3, 0.4) is 0 Å². The first-order chi connectivity index (χ1) is 9.43. The number of likely N-dealkylation sites (N-methyl/N-ethyl adjacent to an activating group) is 1. The molecular formula is C14H24N2O4. The lowest BCUT2D eigenvalue weighted by molar-refractivity contribution is -0.142. The average Bonchev–Trinajstić information content (AvgIpc) is 2.86. The zero-order chi connectivity index (χ0) is 14.9. The highest BCUT2D eigenvalue weighted by Crippen LogP contribution is 2.26. The number of hydrogen-bond acceptors (Lipinski definition) is 3. The lowest BCUT2D eigenvalue weighted by atomic mass is 9.97. The second kappa shape index (κ2) is 5.99. The molecular weight excluding hydrogens is 260 g/mol. The van der Waals surface area contributed by atoms with Crippen LogP contribution in [0, 0.1) is 5.92 Å². The van der Waals surface area contributed by atoms with Crippen LogP contribution in [0.15, 0.2) is 0 Å². The molecule has 0 aromatic heterocycles. The molecule has 2 heterocycles. The van der Waals surface area contributed by atoms with Gasteiger partial charge in [0.05, 0.1) is 19.3 Å². The summed E-state index contributed by atoms with van der Waals surface area (Å²) in [5, 5.41) is 9.20. The third kappa shape index (κ3) is 2.75. The molecule has 0 aromatic carbocycles. The van der Waals surface area contributed by atoms with Crippen molar-refractivity contribution in [1.82, 2.24) is 9.80 Å². The van der Waals surface area contributed by atoms with E-state index in [1.165, 1.54) is 0 Å². The molecule has 2 aliphatic heterocycles. The topological polar surface area (TPSA) is 70.1 Å². The second-order valence-electron chi connectivity index (χ2n) is 5.98. The first-order valence-corrected chi connectivity index (χ1v) is 7.29. The number of ether oxygens (including phenoxy) is 1. The molecule has 0 aliphatic carbocycles. The van der Waals surface area contributed by atoms with E-state index < -0.39 is 11.9 Å². The molecule has 0 aromatic rings. The van der Waals surface area contributed by atoms with E-state index >= 15 is 0 Å². The molecule has 4 atom stereocenters. The van der Waals surface area contributed by atoms with Crippen molar-refractivity contribution in [3.05, 3.63) is 0 Å². The van der Waals surface area contributed by atoms with Crippen molar-refractivity contribution < 1.29 is 19.4 Å². The van der Waals surface area contributed by atoms with Gasteiger partial charge in [0.1, 0.15) is 5.92 Å². The van der Waals surface area contributed by atoms with E-state index in [9.17, 15) is 14.7 Å². The van der Waals surface area contributed by atoms with Gasteiger partial charge < -0.3 is 19.6 Å². The summed E-state index contributed by atoms with van der Waals surface area (Å²) >= 11 is 0. The summed E-state index contributed by atoms with van der Waals surface area (Å²) in [5.41, 5.74) is 0. The van der Waals surface area contributed by atoms with Gasteiger partial charge in [0.2, 0.25) is 0 Å². The molecule has 2 aliphatic rings. The van der Waals surface area contributed by atoms with Gasteiger partial charge in [-0.15, -0.1) is 0 Å². The SMILES string of the molecule is C[C@@H]1CCC[C@H](C)N1C(=O)N(C)C1COCC1C(=O)O. The van der Waals surface area contributed by atoms with Gasteiger partial charge in [-0.2, -0.15) is 0 Å². The Hall–Kier alpha value is -1.30. The van der Waals surface area contributed by atoms with Crippen LogP contribution in [0.2, 0.25) is 0 Å². The van der Waals surface area contributed by atoms with Gasteiger partial charge in [0.15, 0.2) is 0 Å². The standard InChI is InChI=1S/C14H24N2O4/c1-9-5-4-6-10(2)16(9)14(19)15(3)12-8-20-7-11(12)13(17)18/h9-12H,4-8H2,1-3H3,(H,17,18)/t9-,10+,11?,12?. The first kappa shape index (κ1) is 15.1. The van der Waals surface area contributed by atoms with Gasteiger partial charge in [-0.05, 0) is 33.1 Å². The van der Waals surface area contributed by atoms with Gasteiger partial charge in [0, 0.05) is 19.1 Å². The maximum atomic E-state index is 12.7. The molecule has 0 bridgehead atoms. The highest BCUT2D eigenvalue weighted by molar-refractivity contribution is 5.77. The van der Waals surface area contributed by atoms with Crippen LogP contribution < -0.4 is 0 Å². The van der Waals surface area contributed by atoms with Crippen LogP contribution in [0.5, 0.6) is 0 Å². The molecule has 0 radical (unpaired) electrons. The highest BCUT2D eigenvalue weighted by atomic mass is 16.5. The monoisotopic (exact) mass is 284 g/mol.